The summed E-state index contributed by atoms with van der Waals surface area (Å²) in [6.45, 7) is 0. The Morgan fingerprint density at radius 1 is 0.905 bits per heavy atom. The predicted molar refractivity (Wildman–Crippen MR) is 148 cm³/mol. The second kappa shape index (κ2) is 12.2. The molecule has 42 heavy (non-hydrogen) atoms. The van der Waals surface area contributed by atoms with Gasteiger partial charge in [-0.3, -0.25) is 14.4 Å². The first-order valence-electron chi connectivity index (χ1n) is 13.7. The molecule has 1 saturated heterocycles. The van der Waals surface area contributed by atoms with Crippen LogP contribution in [0.3, 0.4) is 0 Å². The summed E-state index contributed by atoms with van der Waals surface area (Å²) in [6.07, 6.45) is 0.764. The lowest BCUT2D eigenvalue weighted by atomic mass is 9.99. The Bertz CT molecular complexity index is 1470. The number of benzene rings is 3. The Hall–Kier alpha value is -4.38. The summed E-state index contributed by atoms with van der Waals surface area (Å²) >= 11 is 0. The molecule has 1 aliphatic carbocycles. The van der Waals surface area contributed by atoms with E-state index in [2.05, 4.69) is 5.32 Å². The zero-order chi connectivity index (χ0) is 30.0. The number of amides is 3. The van der Waals surface area contributed by atoms with Crippen molar-refractivity contribution in [3.8, 4) is 11.5 Å². The standard InChI is InChI=1S/C31H31F3N4O4/c32-23-16-25(34)24(33)12-18(23)11-20(15-29(39)38-27-13-19(27)14-28(38)30(36)40)37-31(41)26(35)10-17-6-8-22(9-7-17)42-21-4-2-1-3-5-21/h1-9,12,16,19-20,26-28H,10-11,13-15,35H2,(H2,36,40)(H,37,41)/t19?,20-,26?,27?,28?/m1/s1. The molecular weight excluding hydrogens is 549 g/mol. The van der Waals surface area contributed by atoms with Crippen LogP contribution in [0.15, 0.2) is 66.7 Å². The monoisotopic (exact) mass is 580 g/mol. The highest BCUT2D eigenvalue weighted by molar-refractivity contribution is 5.89. The molecule has 11 heteroatoms. The van der Waals surface area contributed by atoms with Gasteiger partial charge < -0.3 is 26.4 Å². The molecule has 5 rings (SSSR count). The van der Waals surface area contributed by atoms with Gasteiger partial charge in [-0.2, -0.15) is 0 Å². The molecule has 2 aliphatic rings. The molecule has 0 radical (unpaired) electrons. The Kier molecular flexibility index (Phi) is 8.49. The fourth-order valence-electron chi connectivity index (χ4n) is 5.52. The minimum atomic E-state index is -1.35. The minimum absolute atomic E-state index is 0.109. The van der Waals surface area contributed by atoms with Gasteiger partial charge in [-0.1, -0.05) is 30.3 Å². The number of likely N-dealkylation sites (tertiary alicyclic amines) is 1. The van der Waals surface area contributed by atoms with Crippen LogP contribution in [-0.2, 0) is 27.2 Å². The average Bonchev–Trinajstić information content (AvgIpc) is 3.61. The number of piperidine rings is 1. The van der Waals surface area contributed by atoms with E-state index in [1.54, 1.807) is 24.3 Å². The Morgan fingerprint density at radius 2 is 1.57 bits per heavy atom. The normalized spacial score (nSPS) is 20.4. The molecule has 1 saturated carbocycles. The van der Waals surface area contributed by atoms with E-state index in [1.165, 1.54) is 4.90 Å². The van der Waals surface area contributed by atoms with E-state index in [0.29, 0.717) is 30.1 Å². The number of nitrogens with two attached hydrogens (primary N) is 2. The van der Waals surface area contributed by atoms with Crippen molar-refractivity contribution >= 4 is 17.7 Å². The maximum atomic E-state index is 14.5. The van der Waals surface area contributed by atoms with E-state index in [4.69, 9.17) is 16.2 Å². The fraction of sp³-hybridized carbons (Fsp3) is 0.323. The van der Waals surface area contributed by atoms with Gasteiger partial charge in [0.1, 0.15) is 23.4 Å². The summed E-state index contributed by atoms with van der Waals surface area (Å²) in [4.78, 5) is 39.8. The Labute approximate surface area is 240 Å². The second-order valence-corrected chi connectivity index (χ2v) is 10.9. The topological polar surface area (TPSA) is 128 Å². The lowest BCUT2D eigenvalue weighted by Gasteiger charge is -2.28. The third kappa shape index (κ3) is 6.73. The van der Waals surface area contributed by atoms with E-state index in [9.17, 15) is 27.6 Å². The maximum Gasteiger partial charge on any atom is 0.240 e. The second-order valence-electron chi connectivity index (χ2n) is 10.9. The van der Waals surface area contributed by atoms with Crippen LogP contribution >= 0.6 is 0 Å². The number of ether oxygens (including phenoxy) is 1. The van der Waals surface area contributed by atoms with Gasteiger partial charge in [0.25, 0.3) is 0 Å². The van der Waals surface area contributed by atoms with E-state index in [-0.39, 0.29) is 36.8 Å². The highest BCUT2D eigenvalue weighted by Gasteiger charge is 2.55. The SMILES string of the molecule is NC(=O)C1CC2CC2N1C(=O)C[C@@H](Cc1cc(F)c(F)cc1F)NC(=O)C(N)Cc1ccc(Oc2ccccc2)cc1. The Morgan fingerprint density at radius 3 is 2.26 bits per heavy atom. The summed E-state index contributed by atoms with van der Waals surface area (Å²) in [7, 11) is 0. The largest absolute Gasteiger partial charge is 0.457 e. The molecule has 2 fully saturated rings. The molecule has 0 spiro atoms. The maximum absolute atomic E-state index is 14.5. The first-order chi connectivity index (χ1) is 20.1. The molecule has 8 nitrogen and oxygen atoms in total. The first kappa shape index (κ1) is 29.1. The molecule has 220 valence electrons. The van der Waals surface area contributed by atoms with Crippen molar-refractivity contribution in [2.24, 2.45) is 17.4 Å². The van der Waals surface area contributed by atoms with Gasteiger partial charge in [0, 0.05) is 24.6 Å². The van der Waals surface area contributed by atoms with Gasteiger partial charge in [-0.15, -0.1) is 0 Å². The summed E-state index contributed by atoms with van der Waals surface area (Å²) in [6, 6.07) is 14.5. The quantitative estimate of drug-likeness (QED) is 0.300. The van der Waals surface area contributed by atoms with Gasteiger partial charge in [-0.05, 0) is 73.1 Å². The molecule has 3 aromatic rings. The molecule has 5 N–H and O–H groups in total. The third-order valence-electron chi connectivity index (χ3n) is 7.74. The summed E-state index contributed by atoms with van der Waals surface area (Å²) in [5.74, 6) is -3.83. The molecule has 0 aromatic heterocycles. The van der Waals surface area contributed by atoms with Crippen molar-refractivity contribution in [2.75, 3.05) is 0 Å². The van der Waals surface area contributed by atoms with E-state index in [1.807, 2.05) is 30.3 Å². The van der Waals surface area contributed by atoms with Gasteiger partial charge in [0.2, 0.25) is 17.7 Å². The van der Waals surface area contributed by atoms with Crippen molar-refractivity contribution in [3.63, 3.8) is 0 Å². The van der Waals surface area contributed by atoms with E-state index >= 15 is 0 Å². The van der Waals surface area contributed by atoms with Crippen LogP contribution in [0.2, 0.25) is 0 Å². The van der Waals surface area contributed by atoms with Crippen LogP contribution in [0.25, 0.3) is 0 Å². The van der Waals surface area contributed by atoms with Crippen molar-refractivity contribution in [1.82, 2.24) is 10.2 Å². The number of nitrogens with one attached hydrogen (secondary N) is 1. The number of hydrogen-bond acceptors (Lipinski definition) is 5. The van der Waals surface area contributed by atoms with Crippen molar-refractivity contribution in [2.45, 2.75) is 56.3 Å². The minimum Gasteiger partial charge on any atom is -0.457 e. The zero-order valence-corrected chi connectivity index (χ0v) is 22.6. The highest BCUT2D eigenvalue weighted by atomic mass is 19.2. The third-order valence-corrected chi connectivity index (χ3v) is 7.74. The highest BCUT2D eigenvalue weighted by Crippen LogP contribution is 2.48. The number of hydrogen-bond donors (Lipinski definition) is 3. The van der Waals surface area contributed by atoms with Crippen LogP contribution < -0.4 is 21.5 Å². The number of primary amides is 1. The van der Waals surface area contributed by atoms with Crippen LogP contribution in [0.5, 0.6) is 11.5 Å². The number of carbonyl (C=O) groups is 3. The van der Waals surface area contributed by atoms with Gasteiger partial charge in [-0.25, -0.2) is 13.2 Å². The van der Waals surface area contributed by atoms with Crippen LogP contribution in [0, 0.1) is 23.4 Å². The van der Waals surface area contributed by atoms with Crippen molar-refractivity contribution in [1.29, 1.82) is 0 Å². The predicted octanol–water partition coefficient (Wildman–Crippen LogP) is 3.36. The smallest absolute Gasteiger partial charge is 0.240 e. The molecule has 0 bridgehead atoms. The number of para-hydroxylation sites is 1. The van der Waals surface area contributed by atoms with Crippen LogP contribution in [0.1, 0.15) is 30.4 Å². The van der Waals surface area contributed by atoms with Gasteiger partial charge >= 0.3 is 0 Å². The number of nitrogens with zero attached hydrogens (tertiary/aromatic N) is 1. The van der Waals surface area contributed by atoms with E-state index < -0.39 is 53.3 Å². The van der Waals surface area contributed by atoms with Crippen molar-refractivity contribution in [3.05, 3.63) is 95.3 Å². The lowest BCUT2D eigenvalue weighted by Crippen LogP contribution is -2.51. The van der Waals surface area contributed by atoms with Gasteiger partial charge in [0.15, 0.2) is 11.6 Å². The van der Waals surface area contributed by atoms with Crippen LogP contribution in [0.4, 0.5) is 13.2 Å². The molecule has 1 heterocycles. The summed E-state index contributed by atoms with van der Waals surface area (Å²) in [5.41, 5.74) is 12.2. The van der Waals surface area contributed by atoms with Gasteiger partial charge in [0.05, 0.1) is 6.04 Å². The molecule has 4 unspecified atom stereocenters. The van der Waals surface area contributed by atoms with Crippen LogP contribution in [-0.4, -0.2) is 46.8 Å². The molecule has 5 atom stereocenters. The molecular formula is C31H31F3N4O4. The molecule has 1 aliphatic heterocycles. The average molecular weight is 581 g/mol. The number of fused-ring (bicyclic) bond motifs is 1. The number of carbonyl (C=O) groups excluding carboxylic acids is 3. The number of rotatable bonds is 11. The summed E-state index contributed by atoms with van der Waals surface area (Å²) in [5, 5.41) is 2.68. The van der Waals surface area contributed by atoms with E-state index in [0.717, 1.165) is 12.0 Å². The molecule has 3 amide bonds. The lowest BCUT2D eigenvalue weighted by molar-refractivity contribution is -0.139. The first-order valence-corrected chi connectivity index (χ1v) is 13.7. The number of halogens is 3. The fourth-order valence-corrected chi connectivity index (χ4v) is 5.52. The Balaban J connectivity index is 1.26. The zero-order valence-electron chi connectivity index (χ0n) is 22.6. The summed E-state index contributed by atoms with van der Waals surface area (Å²) < 4.78 is 47.7. The molecule has 3 aromatic carbocycles. The van der Waals surface area contributed by atoms with Crippen molar-refractivity contribution < 1.29 is 32.3 Å².